The maximum atomic E-state index is 12.0. The minimum Gasteiger partial charge on any atom is -0.469 e. The number of carbonyl (C=O) groups excluding carboxylic acids is 1. The van der Waals surface area contributed by atoms with Gasteiger partial charge in [-0.2, -0.15) is 5.10 Å². The summed E-state index contributed by atoms with van der Waals surface area (Å²) in [5, 5.41) is 7.11. The van der Waals surface area contributed by atoms with Gasteiger partial charge in [0.05, 0.1) is 24.1 Å². The van der Waals surface area contributed by atoms with Gasteiger partial charge in [-0.05, 0) is 26.8 Å². The van der Waals surface area contributed by atoms with Gasteiger partial charge in [-0.1, -0.05) is 0 Å². The van der Waals surface area contributed by atoms with Crippen LogP contribution in [0.5, 0.6) is 0 Å². The monoisotopic (exact) mass is 247 g/mol. The predicted molar refractivity (Wildman–Crippen MR) is 67.3 cm³/mol. The van der Waals surface area contributed by atoms with Gasteiger partial charge in [0, 0.05) is 18.3 Å². The third-order valence-corrected chi connectivity index (χ3v) is 3.19. The van der Waals surface area contributed by atoms with Crippen molar-refractivity contribution < 1.29 is 9.21 Å². The number of carbonyl (C=O) groups is 1. The fraction of sp³-hybridized carbons (Fsp3) is 0.385. The van der Waals surface area contributed by atoms with Crippen LogP contribution >= 0.6 is 0 Å². The number of hydrogen-bond donors (Lipinski definition) is 1. The lowest BCUT2D eigenvalue weighted by molar-refractivity contribution is 0.0938. The van der Waals surface area contributed by atoms with Crippen molar-refractivity contribution in [2.24, 2.45) is 7.05 Å². The Balaban J connectivity index is 2.13. The van der Waals surface area contributed by atoms with Crippen LogP contribution in [-0.2, 0) is 7.05 Å². The summed E-state index contributed by atoms with van der Waals surface area (Å²) in [5.74, 6) is 0.500. The van der Waals surface area contributed by atoms with Gasteiger partial charge >= 0.3 is 0 Å². The first-order valence-electron chi connectivity index (χ1n) is 5.84. The minimum absolute atomic E-state index is 0.0829. The molecule has 96 valence electrons. The standard InChI is InChI=1S/C13H17N3O2/c1-8(12-7-14-16(4)9(12)2)15-13(17)11-5-6-18-10(11)3/h5-8H,1-4H3,(H,15,17). The zero-order chi connectivity index (χ0) is 13.3. The summed E-state index contributed by atoms with van der Waals surface area (Å²) in [7, 11) is 1.88. The molecule has 0 saturated carbocycles. The van der Waals surface area contributed by atoms with Crippen molar-refractivity contribution in [3.63, 3.8) is 0 Å². The molecule has 2 aromatic heterocycles. The van der Waals surface area contributed by atoms with Crippen LogP contribution in [0.15, 0.2) is 22.9 Å². The van der Waals surface area contributed by atoms with E-state index in [-0.39, 0.29) is 11.9 Å². The summed E-state index contributed by atoms with van der Waals surface area (Å²) in [4.78, 5) is 12.0. The lowest BCUT2D eigenvalue weighted by Crippen LogP contribution is -2.27. The molecule has 0 aliphatic carbocycles. The van der Waals surface area contributed by atoms with Crippen LogP contribution in [0.3, 0.4) is 0 Å². The maximum absolute atomic E-state index is 12.0. The van der Waals surface area contributed by atoms with Crippen LogP contribution in [-0.4, -0.2) is 15.7 Å². The molecule has 0 radical (unpaired) electrons. The highest BCUT2D eigenvalue weighted by Gasteiger charge is 2.17. The molecule has 0 aliphatic rings. The van der Waals surface area contributed by atoms with Crippen LogP contribution in [0.1, 0.15) is 40.3 Å². The summed E-state index contributed by atoms with van der Waals surface area (Å²) in [6, 6.07) is 1.59. The van der Waals surface area contributed by atoms with Gasteiger partial charge < -0.3 is 9.73 Å². The number of amides is 1. The summed E-state index contributed by atoms with van der Waals surface area (Å²) in [6.45, 7) is 5.69. The third-order valence-electron chi connectivity index (χ3n) is 3.19. The van der Waals surface area contributed by atoms with Crippen molar-refractivity contribution in [3.05, 3.63) is 41.1 Å². The van der Waals surface area contributed by atoms with Crippen molar-refractivity contribution in [1.29, 1.82) is 0 Å². The number of nitrogens with one attached hydrogen (secondary N) is 1. The van der Waals surface area contributed by atoms with Gasteiger partial charge in [-0.15, -0.1) is 0 Å². The topological polar surface area (TPSA) is 60.1 Å². The van der Waals surface area contributed by atoms with E-state index in [2.05, 4.69) is 10.4 Å². The van der Waals surface area contributed by atoms with Crippen LogP contribution in [0.4, 0.5) is 0 Å². The summed E-state index contributed by atoms with van der Waals surface area (Å²) in [5.41, 5.74) is 2.64. The molecule has 0 aromatic carbocycles. The SMILES string of the molecule is Cc1occc1C(=O)NC(C)c1cnn(C)c1C. The molecule has 5 heteroatoms. The van der Waals surface area contributed by atoms with Crippen molar-refractivity contribution in [1.82, 2.24) is 15.1 Å². The highest BCUT2D eigenvalue weighted by atomic mass is 16.3. The van der Waals surface area contributed by atoms with Crippen molar-refractivity contribution in [3.8, 4) is 0 Å². The fourth-order valence-electron chi connectivity index (χ4n) is 1.91. The lowest BCUT2D eigenvalue weighted by atomic mass is 10.1. The van der Waals surface area contributed by atoms with E-state index < -0.39 is 0 Å². The molecule has 0 fully saturated rings. The third kappa shape index (κ3) is 2.16. The van der Waals surface area contributed by atoms with E-state index in [9.17, 15) is 4.79 Å². The molecule has 0 bridgehead atoms. The molecular formula is C13H17N3O2. The van der Waals surface area contributed by atoms with Gasteiger partial charge in [0.2, 0.25) is 0 Å². The molecular weight excluding hydrogens is 230 g/mol. The Labute approximate surface area is 106 Å². The maximum Gasteiger partial charge on any atom is 0.255 e. The molecule has 0 saturated heterocycles. The first kappa shape index (κ1) is 12.4. The zero-order valence-corrected chi connectivity index (χ0v) is 11.0. The number of nitrogens with zero attached hydrogens (tertiary/aromatic N) is 2. The largest absolute Gasteiger partial charge is 0.469 e. The minimum atomic E-state index is -0.128. The fourth-order valence-corrected chi connectivity index (χ4v) is 1.91. The molecule has 0 spiro atoms. The number of furan rings is 1. The highest BCUT2D eigenvalue weighted by Crippen LogP contribution is 2.17. The van der Waals surface area contributed by atoms with Gasteiger partial charge in [-0.3, -0.25) is 9.48 Å². The molecule has 1 amide bonds. The van der Waals surface area contributed by atoms with Crippen LogP contribution < -0.4 is 5.32 Å². The summed E-state index contributed by atoms with van der Waals surface area (Å²) in [6.07, 6.45) is 3.30. The second-order valence-corrected chi connectivity index (χ2v) is 4.39. The normalized spacial score (nSPS) is 12.4. The van der Waals surface area contributed by atoms with E-state index in [1.807, 2.05) is 20.9 Å². The second kappa shape index (κ2) is 4.68. The Hall–Kier alpha value is -2.04. The average Bonchev–Trinajstić information content (AvgIpc) is 2.87. The Morgan fingerprint density at radius 3 is 2.72 bits per heavy atom. The summed E-state index contributed by atoms with van der Waals surface area (Å²) < 4.78 is 6.92. The highest BCUT2D eigenvalue weighted by molar-refractivity contribution is 5.95. The Morgan fingerprint density at radius 1 is 1.50 bits per heavy atom. The number of rotatable bonds is 3. The predicted octanol–water partition coefficient (Wildman–Crippen LogP) is 2.12. The van der Waals surface area contributed by atoms with E-state index in [1.165, 1.54) is 6.26 Å². The van der Waals surface area contributed by atoms with Crippen molar-refractivity contribution in [2.75, 3.05) is 0 Å². The lowest BCUT2D eigenvalue weighted by Gasteiger charge is -2.13. The van der Waals surface area contributed by atoms with E-state index >= 15 is 0 Å². The molecule has 5 nitrogen and oxygen atoms in total. The van der Waals surface area contributed by atoms with E-state index in [0.29, 0.717) is 11.3 Å². The number of hydrogen-bond acceptors (Lipinski definition) is 3. The van der Waals surface area contributed by atoms with Crippen LogP contribution in [0, 0.1) is 13.8 Å². The Kier molecular flexibility index (Phi) is 3.23. The van der Waals surface area contributed by atoms with Gasteiger partial charge in [0.1, 0.15) is 5.76 Å². The number of aromatic nitrogens is 2. The first-order valence-corrected chi connectivity index (χ1v) is 5.84. The molecule has 18 heavy (non-hydrogen) atoms. The van der Waals surface area contributed by atoms with E-state index in [1.54, 1.807) is 23.9 Å². The molecule has 1 N–H and O–H groups in total. The average molecular weight is 247 g/mol. The van der Waals surface area contributed by atoms with Gasteiger partial charge in [-0.25, -0.2) is 0 Å². The molecule has 2 rings (SSSR count). The van der Waals surface area contributed by atoms with Crippen molar-refractivity contribution >= 4 is 5.91 Å². The molecule has 0 aliphatic heterocycles. The molecule has 2 aromatic rings. The van der Waals surface area contributed by atoms with E-state index in [4.69, 9.17) is 4.42 Å². The van der Waals surface area contributed by atoms with Crippen molar-refractivity contribution in [2.45, 2.75) is 26.8 Å². The second-order valence-electron chi connectivity index (χ2n) is 4.39. The first-order chi connectivity index (χ1) is 8.50. The Morgan fingerprint density at radius 2 is 2.22 bits per heavy atom. The van der Waals surface area contributed by atoms with Gasteiger partial charge in [0.15, 0.2) is 0 Å². The van der Waals surface area contributed by atoms with Gasteiger partial charge in [0.25, 0.3) is 5.91 Å². The van der Waals surface area contributed by atoms with Crippen LogP contribution in [0.25, 0.3) is 0 Å². The molecule has 1 atom stereocenters. The molecule has 1 unspecified atom stereocenters. The van der Waals surface area contributed by atoms with E-state index in [0.717, 1.165) is 11.3 Å². The molecule has 2 heterocycles. The smallest absolute Gasteiger partial charge is 0.255 e. The summed E-state index contributed by atoms with van der Waals surface area (Å²) >= 11 is 0. The Bertz CT molecular complexity index is 569. The zero-order valence-electron chi connectivity index (χ0n) is 11.0. The van der Waals surface area contributed by atoms with Crippen LogP contribution in [0.2, 0.25) is 0 Å². The number of aryl methyl sites for hydroxylation is 2. The quantitative estimate of drug-likeness (QED) is 0.903.